The number of aliphatic hydroxyl groups excluding tert-OH is 1. The predicted molar refractivity (Wildman–Crippen MR) is 108 cm³/mol. The van der Waals surface area contributed by atoms with Gasteiger partial charge in [0.1, 0.15) is 0 Å². The third-order valence-electron chi connectivity index (χ3n) is 8.18. The number of carbonyl (C=O) groups excluding carboxylic acids is 3. The van der Waals surface area contributed by atoms with Gasteiger partial charge < -0.3 is 9.84 Å². The van der Waals surface area contributed by atoms with Crippen LogP contribution in [-0.2, 0) is 19.1 Å². The lowest BCUT2D eigenvalue weighted by Gasteiger charge is -2.61. The smallest absolute Gasteiger partial charge is 0.305 e. The third kappa shape index (κ3) is 2.72. The molecule has 0 bridgehead atoms. The minimum absolute atomic E-state index is 0.120. The van der Waals surface area contributed by atoms with Gasteiger partial charge in [0.15, 0.2) is 23.8 Å². The Balaban J connectivity index is 1.65. The molecular weight excluding hydrogens is 387 g/mol. The minimum atomic E-state index is -1.90. The predicted octanol–water partition coefficient (Wildman–Crippen LogP) is 3.42. The molecule has 0 amide bonds. The Bertz CT molecular complexity index is 901. The van der Waals surface area contributed by atoms with Gasteiger partial charge in [-0.2, -0.15) is 0 Å². The second-order valence-electron chi connectivity index (χ2n) is 9.56. The number of esters is 1. The van der Waals surface area contributed by atoms with Crippen LogP contribution in [0.3, 0.4) is 0 Å². The highest BCUT2D eigenvalue weighted by Crippen LogP contribution is 2.67. The van der Waals surface area contributed by atoms with E-state index in [0.29, 0.717) is 24.8 Å². The number of Topliss-reactive ketones (excluding diaryl/α,β-unsaturated/α-hetero) is 1. The van der Waals surface area contributed by atoms with Gasteiger partial charge in [-0.1, -0.05) is 31.6 Å². The standard InChI is InChI=1S/C24H29FO5/c1-4-21(29)30-13-19(27)18-8-7-16-17-6-5-14-11-15(26)9-10-23(14,3)24(17,25)20(28)12-22(16,18)2/h8-11,16-17,20,28H,4-7,12-13H2,1-3H3/t16-,17+,20-,22-,23-,24-/m0/s1. The number of allylic oxidation sites excluding steroid dienone is 5. The maximum atomic E-state index is 16.9. The molecule has 2 fully saturated rings. The van der Waals surface area contributed by atoms with Crippen molar-refractivity contribution < 1.29 is 28.6 Å². The van der Waals surface area contributed by atoms with Gasteiger partial charge in [0.25, 0.3) is 0 Å². The number of hydrogen-bond donors (Lipinski definition) is 1. The van der Waals surface area contributed by atoms with Gasteiger partial charge in [-0.05, 0) is 50.7 Å². The largest absolute Gasteiger partial charge is 0.457 e. The van der Waals surface area contributed by atoms with E-state index in [-0.39, 0.29) is 36.9 Å². The molecule has 1 N–H and O–H groups in total. The van der Waals surface area contributed by atoms with Gasteiger partial charge in [-0.3, -0.25) is 14.4 Å². The van der Waals surface area contributed by atoms with Crippen LogP contribution in [0.25, 0.3) is 0 Å². The number of halogens is 1. The second kappa shape index (κ2) is 6.98. The summed E-state index contributed by atoms with van der Waals surface area (Å²) in [5.41, 5.74) is -2.32. The summed E-state index contributed by atoms with van der Waals surface area (Å²) in [5.74, 6) is -1.42. The zero-order valence-electron chi connectivity index (χ0n) is 17.7. The van der Waals surface area contributed by atoms with Crippen LogP contribution in [-0.4, -0.2) is 41.0 Å². The number of ether oxygens (including phenoxy) is 1. The van der Waals surface area contributed by atoms with Crippen LogP contribution in [0.5, 0.6) is 0 Å². The summed E-state index contributed by atoms with van der Waals surface area (Å²) >= 11 is 0. The van der Waals surface area contributed by atoms with Crippen molar-refractivity contribution in [2.75, 3.05) is 6.61 Å². The highest BCUT2D eigenvalue weighted by atomic mass is 19.1. The minimum Gasteiger partial charge on any atom is -0.457 e. The molecule has 0 radical (unpaired) electrons. The van der Waals surface area contributed by atoms with Crippen molar-refractivity contribution in [3.8, 4) is 0 Å². The molecule has 0 aromatic rings. The molecule has 30 heavy (non-hydrogen) atoms. The Morgan fingerprint density at radius 2 is 2.03 bits per heavy atom. The first kappa shape index (κ1) is 21.2. The zero-order chi connectivity index (χ0) is 21.9. The van der Waals surface area contributed by atoms with Crippen molar-refractivity contribution in [2.24, 2.45) is 22.7 Å². The van der Waals surface area contributed by atoms with Gasteiger partial charge in [0.05, 0.1) is 6.10 Å². The van der Waals surface area contributed by atoms with E-state index in [9.17, 15) is 19.5 Å². The van der Waals surface area contributed by atoms with Crippen LogP contribution in [0.2, 0.25) is 0 Å². The Hall–Kier alpha value is -2.08. The number of aliphatic hydroxyl groups is 1. The summed E-state index contributed by atoms with van der Waals surface area (Å²) in [6.45, 7) is 5.04. The van der Waals surface area contributed by atoms with Crippen molar-refractivity contribution in [1.29, 1.82) is 0 Å². The molecule has 6 atom stereocenters. The fraction of sp³-hybridized carbons (Fsp3) is 0.625. The molecule has 0 aromatic carbocycles. The summed E-state index contributed by atoms with van der Waals surface area (Å²) in [7, 11) is 0. The average Bonchev–Trinajstić information content (AvgIpc) is 3.04. The number of carbonyl (C=O) groups is 3. The fourth-order valence-corrected chi connectivity index (χ4v) is 6.54. The molecule has 0 spiro atoms. The van der Waals surface area contributed by atoms with Crippen LogP contribution < -0.4 is 0 Å². The number of rotatable bonds is 4. The van der Waals surface area contributed by atoms with Gasteiger partial charge >= 0.3 is 5.97 Å². The zero-order valence-corrected chi connectivity index (χ0v) is 17.7. The lowest BCUT2D eigenvalue weighted by molar-refractivity contribution is -0.185. The summed E-state index contributed by atoms with van der Waals surface area (Å²) in [6, 6.07) is 0. The number of alkyl halides is 1. The molecule has 0 unspecified atom stereocenters. The summed E-state index contributed by atoms with van der Waals surface area (Å²) in [6.07, 6.45) is 7.11. The summed E-state index contributed by atoms with van der Waals surface area (Å²) in [4.78, 5) is 36.1. The van der Waals surface area contributed by atoms with E-state index in [1.54, 1.807) is 19.9 Å². The van der Waals surface area contributed by atoms with Crippen molar-refractivity contribution >= 4 is 17.5 Å². The van der Waals surface area contributed by atoms with Crippen molar-refractivity contribution in [3.05, 3.63) is 35.5 Å². The number of ketones is 2. The molecule has 4 aliphatic rings. The van der Waals surface area contributed by atoms with E-state index in [2.05, 4.69) is 0 Å². The second-order valence-corrected chi connectivity index (χ2v) is 9.56. The van der Waals surface area contributed by atoms with E-state index >= 15 is 4.39 Å². The van der Waals surface area contributed by atoms with Crippen LogP contribution in [0.1, 0.15) is 52.9 Å². The average molecular weight is 416 g/mol. The maximum Gasteiger partial charge on any atom is 0.305 e. The molecule has 0 saturated heterocycles. The van der Waals surface area contributed by atoms with E-state index < -0.39 is 34.5 Å². The topological polar surface area (TPSA) is 80.7 Å². The van der Waals surface area contributed by atoms with Gasteiger partial charge in [-0.25, -0.2) is 4.39 Å². The molecule has 0 aromatic heterocycles. The number of fused-ring (bicyclic) bond motifs is 5. The van der Waals surface area contributed by atoms with Gasteiger partial charge in [0, 0.05) is 28.7 Å². The van der Waals surface area contributed by atoms with Crippen LogP contribution in [0.4, 0.5) is 4.39 Å². The molecular formula is C24H29FO5. The lowest BCUT2D eigenvalue weighted by atomic mass is 9.45. The lowest BCUT2D eigenvalue weighted by Crippen LogP contribution is -2.66. The molecule has 4 rings (SSSR count). The van der Waals surface area contributed by atoms with Gasteiger partial charge in [-0.15, -0.1) is 0 Å². The molecule has 4 aliphatic carbocycles. The molecule has 5 nitrogen and oxygen atoms in total. The van der Waals surface area contributed by atoms with Crippen molar-refractivity contribution in [3.63, 3.8) is 0 Å². The van der Waals surface area contributed by atoms with E-state index in [0.717, 1.165) is 5.57 Å². The SMILES string of the molecule is CCC(=O)OCC(=O)C1=CC[C@H]2[C@H]3CCC4=CC(=O)C=C[C@]4(C)[C@@]3(F)[C@@H](O)C[C@]12C. The van der Waals surface area contributed by atoms with Gasteiger partial charge in [0.2, 0.25) is 0 Å². The Morgan fingerprint density at radius 1 is 1.30 bits per heavy atom. The van der Waals surface area contributed by atoms with E-state index in [4.69, 9.17) is 4.74 Å². The summed E-state index contributed by atoms with van der Waals surface area (Å²) in [5, 5.41) is 11.2. The van der Waals surface area contributed by atoms with Crippen LogP contribution >= 0.6 is 0 Å². The highest BCUT2D eigenvalue weighted by Gasteiger charge is 2.69. The summed E-state index contributed by atoms with van der Waals surface area (Å²) < 4.78 is 21.9. The Morgan fingerprint density at radius 3 is 2.73 bits per heavy atom. The van der Waals surface area contributed by atoms with E-state index in [1.165, 1.54) is 12.2 Å². The third-order valence-corrected chi connectivity index (χ3v) is 8.18. The van der Waals surface area contributed by atoms with Crippen LogP contribution in [0.15, 0.2) is 35.5 Å². The molecule has 2 saturated carbocycles. The normalized spacial score (nSPS) is 41.9. The first-order chi connectivity index (χ1) is 14.1. The Kier molecular flexibility index (Phi) is 4.92. The molecule has 162 valence electrons. The monoisotopic (exact) mass is 416 g/mol. The van der Waals surface area contributed by atoms with Crippen molar-refractivity contribution in [2.45, 2.75) is 64.6 Å². The number of hydrogen-bond acceptors (Lipinski definition) is 5. The Labute approximate surface area is 176 Å². The molecule has 0 aliphatic heterocycles. The quantitative estimate of drug-likeness (QED) is 0.711. The van der Waals surface area contributed by atoms with Crippen molar-refractivity contribution in [1.82, 2.24) is 0 Å². The molecule has 0 heterocycles. The highest BCUT2D eigenvalue weighted by molar-refractivity contribution is 6.01. The van der Waals surface area contributed by atoms with E-state index in [1.807, 2.05) is 13.0 Å². The molecule has 6 heteroatoms. The fourth-order valence-electron chi connectivity index (χ4n) is 6.54. The maximum absolute atomic E-state index is 16.9. The first-order valence-corrected chi connectivity index (χ1v) is 10.8. The first-order valence-electron chi connectivity index (χ1n) is 10.8. The van der Waals surface area contributed by atoms with Crippen LogP contribution in [0, 0.1) is 22.7 Å².